The Bertz CT molecular complexity index is 173. The molecule has 2 saturated heterocycles. The maximum atomic E-state index is 9.48. The fourth-order valence-corrected chi connectivity index (χ4v) is 1.66. The zero-order chi connectivity index (χ0) is 8.72. The van der Waals surface area contributed by atoms with Gasteiger partial charge in [0.15, 0.2) is 6.29 Å². The highest BCUT2D eigenvalue weighted by Crippen LogP contribution is 2.29. The van der Waals surface area contributed by atoms with Crippen molar-refractivity contribution in [3.8, 4) is 0 Å². The molecule has 0 aromatic heterocycles. The van der Waals surface area contributed by atoms with Gasteiger partial charge in [0, 0.05) is 7.11 Å². The molecule has 0 radical (unpaired) electrons. The van der Waals surface area contributed by atoms with Crippen molar-refractivity contribution >= 4 is 0 Å². The van der Waals surface area contributed by atoms with Crippen molar-refractivity contribution < 1.29 is 24.4 Å². The number of aliphatic hydroxyl groups excluding tert-OH is 2. The third-order valence-corrected chi connectivity index (χ3v) is 2.34. The van der Waals surface area contributed by atoms with Gasteiger partial charge in [0.05, 0.1) is 6.61 Å². The lowest BCUT2D eigenvalue weighted by atomic mass is 10.0. The lowest BCUT2D eigenvalue weighted by Gasteiger charge is -2.34. The van der Waals surface area contributed by atoms with Crippen molar-refractivity contribution in [2.75, 3.05) is 13.7 Å². The van der Waals surface area contributed by atoms with Crippen molar-refractivity contribution in [2.45, 2.75) is 30.7 Å². The van der Waals surface area contributed by atoms with Gasteiger partial charge in [-0.05, 0) is 0 Å². The molecule has 2 N–H and O–H groups in total. The summed E-state index contributed by atoms with van der Waals surface area (Å²) in [5.41, 5.74) is 0. The van der Waals surface area contributed by atoms with Crippen LogP contribution in [0.5, 0.6) is 0 Å². The molecule has 0 aromatic carbocycles. The molecule has 0 saturated carbocycles. The summed E-state index contributed by atoms with van der Waals surface area (Å²) < 4.78 is 15.3. The van der Waals surface area contributed by atoms with E-state index in [2.05, 4.69) is 0 Å². The third kappa shape index (κ3) is 1.06. The minimum Gasteiger partial charge on any atom is -0.387 e. The van der Waals surface area contributed by atoms with E-state index in [0.29, 0.717) is 6.61 Å². The van der Waals surface area contributed by atoms with Crippen LogP contribution in [0, 0.1) is 0 Å². The van der Waals surface area contributed by atoms with E-state index in [0.717, 1.165) is 0 Å². The predicted octanol–water partition coefficient (Wildman–Crippen LogP) is -1.52. The van der Waals surface area contributed by atoms with E-state index < -0.39 is 24.6 Å². The smallest absolute Gasteiger partial charge is 0.186 e. The lowest BCUT2D eigenvalue weighted by Crippen LogP contribution is -2.54. The fraction of sp³-hybridized carbons (Fsp3) is 1.00. The number of hydrogen-bond acceptors (Lipinski definition) is 5. The Morgan fingerprint density at radius 1 is 1.33 bits per heavy atom. The number of hydrogen-bond donors (Lipinski definition) is 2. The monoisotopic (exact) mass is 176 g/mol. The molecule has 0 amide bonds. The van der Waals surface area contributed by atoms with E-state index in [9.17, 15) is 10.2 Å². The first-order chi connectivity index (χ1) is 5.74. The largest absolute Gasteiger partial charge is 0.387 e. The highest BCUT2D eigenvalue weighted by atomic mass is 16.7. The number of methoxy groups -OCH3 is 1. The second kappa shape index (κ2) is 2.93. The molecule has 5 atom stereocenters. The van der Waals surface area contributed by atoms with Crippen LogP contribution >= 0.6 is 0 Å². The highest BCUT2D eigenvalue weighted by molar-refractivity contribution is 4.93. The molecule has 2 bridgehead atoms. The minimum absolute atomic E-state index is 0.251. The first kappa shape index (κ1) is 8.40. The predicted molar refractivity (Wildman–Crippen MR) is 37.4 cm³/mol. The molecule has 12 heavy (non-hydrogen) atoms. The Labute approximate surface area is 69.8 Å². The van der Waals surface area contributed by atoms with Gasteiger partial charge in [-0.15, -0.1) is 0 Å². The van der Waals surface area contributed by atoms with E-state index in [1.165, 1.54) is 7.11 Å². The molecule has 0 aromatic rings. The molecule has 70 valence electrons. The van der Waals surface area contributed by atoms with Crippen LogP contribution in [-0.4, -0.2) is 54.6 Å². The van der Waals surface area contributed by atoms with Gasteiger partial charge in [-0.2, -0.15) is 0 Å². The van der Waals surface area contributed by atoms with Gasteiger partial charge in [-0.3, -0.25) is 0 Å². The van der Waals surface area contributed by atoms with Crippen LogP contribution < -0.4 is 0 Å². The molecular formula is C7H12O5. The number of aliphatic hydroxyl groups is 2. The first-order valence-electron chi connectivity index (χ1n) is 3.90. The van der Waals surface area contributed by atoms with Crippen LogP contribution in [0.2, 0.25) is 0 Å². The summed E-state index contributed by atoms with van der Waals surface area (Å²) >= 11 is 0. The number of rotatable bonds is 1. The van der Waals surface area contributed by atoms with Gasteiger partial charge in [0.1, 0.15) is 24.4 Å². The van der Waals surface area contributed by atoms with E-state index in [1.54, 1.807) is 0 Å². The zero-order valence-electron chi connectivity index (χ0n) is 6.71. The molecule has 2 aliphatic heterocycles. The minimum atomic E-state index is -1.01. The Morgan fingerprint density at radius 2 is 2.08 bits per heavy atom. The topological polar surface area (TPSA) is 68.2 Å². The molecule has 5 heteroatoms. The summed E-state index contributed by atoms with van der Waals surface area (Å²) in [6.45, 7) is 0.372. The molecule has 2 aliphatic rings. The molecule has 0 aliphatic carbocycles. The highest BCUT2D eigenvalue weighted by Gasteiger charge is 2.49. The zero-order valence-corrected chi connectivity index (χ0v) is 6.71. The van der Waals surface area contributed by atoms with E-state index in [4.69, 9.17) is 14.2 Å². The maximum Gasteiger partial charge on any atom is 0.186 e. The van der Waals surface area contributed by atoms with Crippen molar-refractivity contribution in [1.29, 1.82) is 0 Å². The summed E-state index contributed by atoms with van der Waals surface area (Å²) in [5, 5.41) is 18.9. The summed E-state index contributed by atoms with van der Waals surface area (Å²) in [4.78, 5) is 0. The first-order valence-corrected chi connectivity index (χ1v) is 3.90. The average Bonchev–Trinajstić information content (AvgIpc) is 2.49. The Balaban J connectivity index is 2.14. The Kier molecular flexibility index (Phi) is 2.05. The van der Waals surface area contributed by atoms with Gasteiger partial charge in [0.2, 0.25) is 0 Å². The van der Waals surface area contributed by atoms with Gasteiger partial charge in [-0.25, -0.2) is 0 Å². The third-order valence-electron chi connectivity index (χ3n) is 2.34. The van der Waals surface area contributed by atoms with E-state index in [1.807, 2.05) is 0 Å². The molecule has 2 fully saturated rings. The maximum absolute atomic E-state index is 9.48. The SMILES string of the molecule is CO[C@H]1[C@H](O)[C@H](O)[C@@H]2OC[C@H]1O2. The van der Waals surface area contributed by atoms with Crippen LogP contribution in [0.3, 0.4) is 0 Å². The van der Waals surface area contributed by atoms with Crippen molar-refractivity contribution in [3.63, 3.8) is 0 Å². The Morgan fingerprint density at radius 3 is 2.75 bits per heavy atom. The molecule has 0 unspecified atom stereocenters. The molecule has 0 spiro atoms. The number of fused-ring (bicyclic) bond motifs is 2. The normalized spacial score (nSPS) is 52.8. The fourth-order valence-electron chi connectivity index (χ4n) is 1.66. The molecular weight excluding hydrogens is 164 g/mol. The van der Waals surface area contributed by atoms with E-state index in [-0.39, 0.29) is 6.10 Å². The summed E-state index contributed by atoms with van der Waals surface area (Å²) in [7, 11) is 1.47. The number of ether oxygens (including phenoxy) is 3. The summed E-state index contributed by atoms with van der Waals surface area (Å²) in [5.74, 6) is 0. The van der Waals surface area contributed by atoms with Crippen LogP contribution in [0.1, 0.15) is 0 Å². The lowest BCUT2D eigenvalue weighted by molar-refractivity contribution is -0.233. The van der Waals surface area contributed by atoms with E-state index >= 15 is 0 Å². The van der Waals surface area contributed by atoms with Gasteiger partial charge in [0.25, 0.3) is 0 Å². The van der Waals surface area contributed by atoms with Crippen LogP contribution in [0.15, 0.2) is 0 Å². The second-order valence-corrected chi connectivity index (χ2v) is 3.06. The van der Waals surface area contributed by atoms with Crippen LogP contribution in [-0.2, 0) is 14.2 Å². The standard InChI is InChI=1S/C7H12O5/c1-10-6-3-2-11-7(12-3)5(9)4(6)8/h3-9H,2H2,1H3/t3-,4-,5+,6-,7-/m1/s1. The van der Waals surface area contributed by atoms with Gasteiger partial charge in [-0.1, -0.05) is 0 Å². The summed E-state index contributed by atoms with van der Waals surface area (Å²) in [6.07, 6.45) is -3.34. The molecule has 5 nitrogen and oxygen atoms in total. The summed E-state index contributed by atoms with van der Waals surface area (Å²) in [6, 6.07) is 0. The van der Waals surface area contributed by atoms with Crippen LogP contribution in [0.25, 0.3) is 0 Å². The molecule has 2 rings (SSSR count). The van der Waals surface area contributed by atoms with Crippen molar-refractivity contribution in [1.82, 2.24) is 0 Å². The van der Waals surface area contributed by atoms with Gasteiger partial charge >= 0.3 is 0 Å². The average molecular weight is 176 g/mol. The van der Waals surface area contributed by atoms with Crippen LogP contribution in [0.4, 0.5) is 0 Å². The Hall–Kier alpha value is -0.200. The molecule has 2 heterocycles. The van der Waals surface area contributed by atoms with Gasteiger partial charge < -0.3 is 24.4 Å². The van der Waals surface area contributed by atoms with Crippen molar-refractivity contribution in [3.05, 3.63) is 0 Å². The quantitative estimate of drug-likeness (QED) is 0.507. The second-order valence-electron chi connectivity index (χ2n) is 3.06. The van der Waals surface area contributed by atoms with Crippen molar-refractivity contribution in [2.24, 2.45) is 0 Å².